The molecule has 4 atom stereocenters. The van der Waals surface area contributed by atoms with Gasteiger partial charge in [-0.1, -0.05) is 18.6 Å². The van der Waals surface area contributed by atoms with Gasteiger partial charge in [0.15, 0.2) is 5.82 Å². The van der Waals surface area contributed by atoms with Crippen molar-refractivity contribution in [2.75, 3.05) is 79.9 Å². The highest BCUT2D eigenvalue weighted by atomic mass is 19.1. The molecule has 5 amide bonds. The van der Waals surface area contributed by atoms with Gasteiger partial charge < -0.3 is 61.1 Å². The molecule has 76 heavy (non-hydrogen) atoms. The number of urea groups is 1. The third kappa shape index (κ3) is 13.3. The summed E-state index contributed by atoms with van der Waals surface area (Å²) in [5.41, 5.74) is 13.5. The van der Waals surface area contributed by atoms with Crippen LogP contribution in [0.4, 0.5) is 36.9 Å². The number of fused-ring (bicyclic) bond motifs is 2. The van der Waals surface area contributed by atoms with Gasteiger partial charge in [-0.05, 0) is 121 Å². The van der Waals surface area contributed by atoms with Crippen LogP contribution < -0.4 is 46.7 Å². The van der Waals surface area contributed by atoms with E-state index in [1.165, 1.54) is 12.1 Å². The Morgan fingerprint density at radius 3 is 2.36 bits per heavy atom. The summed E-state index contributed by atoms with van der Waals surface area (Å²) in [5.74, 6) is -0.995. The lowest BCUT2D eigenvalue weighted by Crippen LogP contribution is -2.56. The monoisotopic (exact) mass is 1050 g/mol. The molecule has 0 spiro atoms. The molecule has 0 unspecified atom stereocenters. The van der Waals surface area contributed by atoms with Gasteiger partial charge in [0.25, 0.3) is 0 Å². The molecule has 7 N–H and O–H groups in total. The number of esters is 1. The van der Waals surface area contributed by atoms with Crippen molar-refractivity contribution in [3.8, 4) is 22.9 Å². The van der Waals surface area contributed by atoms with Crippen molar-refractivity contribution < 1.29 is 47.3 Å². The van der Waals surface area contributed by atoms with E-state index in [9.17, 15) is 28.4 Å². The summed E-state index contributed by atoms with van der Waals surface area (Å²) in [6, 6.07) is 15.7. The summed E-state index contributed by atoms with van der Waals surface area (Å²) in [6.45, 7) is 14.2. The van der Waals surface area contributed by atoms with Crippen molar-refractivity contribution in [1.29, 1.82) is 0 Å². The number of carbonyl (C=O) groups is 5. The number of carbonyl (C=O) groups excluding carboxylic acids is 5. The third-order valence-corrected chi connectivity index (χ3v) is 14.4. The Bertz CT molecular complexity index is 2710. The molecule has 0 radical (unpaired) electrons. The van der Waals surface area contributed by atoms with Gasteiger partial charge in [0, 0.05) is 93.1 Å². The Kier molecular flexibility index (Phi) is 17.3. The predicted molar refractivity (Wildman–Crippen MR) is 283 cm³/mol. The highest BCUT2D eigenvalue weighted by Crippen LogP contribution is 2.43. The fourth-order valence-electron chi connectivity index (χ4n) is 10.3. The fraction of sp³-hybridized carbons (Fsp3) is 0.519. The van der Waals surface area contributed by atoms with Gasteiger partial charge >= 0.3 is 18.1 Å². The second-order valence-electron chi connectivity index (χ2n) is 20.9. The number of anilines is 4. The number of hydrogen-bond donors (Lipinski definition) is 5. The van der Waals surface area contributed by atoms with E-state index in [-0.39, 0.29) is 56.2 Å². The van der Waals surface area contributed by atoms with E-state index in [0.29, 0.717) is 99.3 Å². The number of halogens is 1. The molecule has 1 saturated carbocycles. The van der Waals surface area contributed by atoms with Crippen LogP contribution in [-0.2, 0) is 30.5 Å². The minimum Gasteiger partial charge on any atom is -0.488 e. The first-order valence-electron chi connectivity index (χ1n) is 26.2. The minimum atomic E-state index is -1.34. The number of ether oxygens (including phenoxy) is 4. The van der Waals surface area contributed by atoms with E-state index >= 15 is 0 Å². The number of hydrogen-bond acceptors (Lipinski definition) is 16. The number of piperazine rings is 2. The number of primary amides is 1. The standard InChI is InChI=1S/C54H71FN12O9/c1-6-73-50(70)54(19-8-20-54)49(69)61-42(9-7-21-59-51(57)71)48(68)60-37-13-10-35(11-14-37)33-75-45-17-12-36(55)27-41(45)43-29-44(47(56)63-62-43)66-31-39-15-16-40(32-66)67(39)38-18-22-58-46(28-38)74-26-25-64-23-24-65(30-34(64)2)52(72)76-53(3,4)5/h10-14,17-18,22,27-29,34,39-40,42H,6-9,15-16,19-21,23-26,30-33H2,1-5H3,(H2,56,63)(H,60,68)(H,61,69)(H3,57,59,71)/t34-,39-,40-,42+/m1/s1. The molecule has 3 aliphatic heterocycles. The number of aromatic nitrogens is 3. The molecule has 8 rings (SSSR count). The van der Waals surface area contributed by atoms with Crippen molar-refractivity contribution in [3.05, 3.63) is 78.2 Å². The second kappa shape index (κ2) is 24.0. The number of amides is 5. The first-order valence-corrected chi connectivity index (χ1v) is 26.2. The van der Waals surface area contributed by atoms with E-state index in [0.717, 1.165) is 30.6 Å². The summed E-state index contributed by atoms with van der Waals surface area (Å²) >= 11 is 0. The van der Waals surface area contributed by atoms with Crippen LogP contribution in [0.3, 0.4) is 0 Å². The maximum absolute atomic E-state index is 15.0. The molecule has 4 aliphatic rings. The summed E-state index contributed by atoms with van der Waals surface area (Å²) < 4.78 is 38.2. The lowest BCUT2D eigenvalue weighted by Gasteiger charge is -2.43. The number of pyridine rings is 1. The molecule has 2 aromatic carbocycles. The molecule has 2 bridgehead atoms. The molecule has 1 aliphatic carbocycles. The molecule has 2 aromatic heterocycles. The molecule has 4 fully saturated rings. The molecule has 22 heteroatoms. The lowest BCUT2D eigenvalue weighted by atomic mass is 9.68. The number of rotatable bonds is 20. The van der Waals surface area contributed by atoms with E-state index in [2.05, 4.69) is 52.8 Å². The largest absolute Gasteiger partial charge is 0.488 e. The minimum absolute atomic E-state index is 0.0879. The number of nitrogens with one attached hydrogen (secondary N) is 3. The van der Waals surface area contributed by atoms with Gasteiger partial charge in [-0.2, -0.15) is 0 Å². The molecule has 21 nitrogen and oxygen atoms in total. The van der Waals surface area contributed by atoms with Gasteiger partial charge in [-0.25, -0.2) is 19.0 Å². The summed E-state index contributed by atoms with van der Waals surface area (Å²) in [6.07, 6.45) is 5.25. The van der Waals surface area contributed by atoms with Gasteiger partial charge in [0.05, 0.1) is 18.0 Å². The van der Waals surface area contributed by atoms with Gasteiger partial charge in [0.1, 0.15) is 41.8 Å². The SMILES string of the molecule is CCOC(=O)C1(C(=O)N[C@@H](CCCNC(N)=O)C(=O)Nc2ccc(COc3ccc(F)cc3-c3cc(N4C[C@H]5CC[C@H](C4)N5c4ccnc(OCCN5CCN(C(=O)OC(C)(C)C)C[C@H]5C)c4)c(N)nn3)cc2)CCC1. The molecule has 4 aromatic rings. The Labute approximate surface area is 442 Å². The van der Waals surface area contributed by atoms with Gasteiger partial charge in [-0.3, -0.25) is 19.3 Å². The van der Waals surface area contributed by atoms with Gasteiger partial charge in [-0.15, -0.1) is 10.2 Å². The maximum Gasteiger partial charge on any atom is 0.410 e. The van der Waals surface area contributed by atoms with Crippen LogP contribution in [0.25, 0.3) is 11.3 Å². The molecule has 5 heterocycles. The number of nitrogens with zero attached hydrogens (tertiary/aromatic N) is 7. The number of nitrogen functional groups attached to an aromatic ring is 1. The van der Waals surface area contributed by atoms with Crippen LogP contribution in [0.2, 0.25) is 0 Å². The quantitative estimate of drug-likeness (QED) is 0.0409. The topological polar surface area (TPSA) is 262 Å². The fourth-order valence-corrected chi connectivity index (χ4v) is 10.3. The Hall–Kier alpha value is -7.49. The molecule has 408 valence electrons. The Morgan fingerprint density at radius 1 is 0.934 bits per heavy atom. The zero-order valence-corrected chi connectivity index (χ0v) is 44.0. The van der Waals surface area contributed by atoms with Crippen LogP contribution in [-0.4, -0.2) is 144 Å². The zero-order chi connectivity index (χ0) is 54.1. The van der Waals surface area contributed by atoms with Crippen LogP contribution in [0, 0.1) is 11.2 Å². The lowest BCUT2D eigenvalue weighted by molar-refractivity contribution is -0.167. The first kappa shape index (κ1) is 54.8. The average Bonchev–Trinajstić information content (AvgIpc) is 3.64. The summed E-state index contributed by atoms with van der Waals surface area (Å²) in [5, 5.41) is 16.8. The Morgan fingerprint density at radius 2 is 1.68 bits per heavy atom. The van der Waals surface area contributed by atoms with Crippen molar-refractivity contribution in [1.82, 2.24) is 35.6 Å². The van der Waals surface area contributed by atoms with E-state index in [1.54, 1.807) is 48.4 Å². The molecule has 3 saturated heterocycles. The van der Waals surface area contributed by atoms with Crippen molar-refractivity contribution in [3.63, 3.8) is 0 Å². The normalized spacial score (nSPS) is 19.4. The predicted octanol–water partition coefficient (Wildman–Crippen LogP) is 5.62. The van der Waals surface area contributed by atoms with Crippen molar-refractivity contribution >= 4 is 52.8 Å². The van der Waals surface area contributed by atoms with Crippen LogP contribution in [0.15, 0.2) is 66.9 Å². The van der Waals surface area contributed by atoms with Crippen LogP contribution in [0.1, 0.15) is 85.1 Å². The third-order valence-electron chi connectivity index (χ3n) is 14.4. The highest BCUT2D eigenvalue weighted by Gasteiger charge is 2.53. The van der Waals surface area contributed by atoms with E-state index < -0.39 is 46.7 Å². The molecular weight excluding hydrogens is 980 g/mol. The zero-order valence-electron chi connectivity index (χ0n) is 44.0. The van der Waals surface area contributed by atoms with Crippen molar-refractivity contribution in [2.45, 2.75) is 116 Å². The second-order valence-corrected chi connectivity index (χ2v) is 20.9. The maximum atomic E-state index is 15.0. The molecular formula is C54H71FN12O9. The van der Waals surface area contributed by atoms with Gasteiger partial charge in [0.2, 0.25) is 17.7 Å². The van der Waals surface area contributed by atoms with Crippen molar-refractivity contribution in [2.24, 2.45) is 11.1 Å². The van der Waals surface area contributed by atoms with Crippen LogP contribution >= 0.6 is 0 Å². The number of nitrogens with two attached hydrogens (primary N) is 2. The highest BCUT2D eigenvalue weighted by molar-refractivity contribution is 6.06. The Balaban J connectivity index is 0.866. The first-order chi connectivity index (χ1) is 36.4. The smallest absolute Gasteiger partial charge is 0.410 e. The average molecular weight is 1050 g/mol. The number of benzene rings is 2. The summed E-state index contributed by atoms with van der Waals surface area (Å²) in [4.78, 5) is 77.1. The van der Waals surface area contributed by atoms with Crippen LogP contribution in [0.5, 0.6) is 11.6 Å². The van der Waals surface area contributed by atoms with E-state index in [4.69, 9.17) is 30.4 Å². The summed E-state index contributed by atoms with van der Waals surface area (Å²) in [7, 11) is 0. The van der Waals surface area contributed by atoms with E-state index in [1.807, 2.05) is 39.0 Å².